The lowest BCUT2D eigenvalue weighted by molar-refractivity contribution is 0.000928. The lowest BCUT2D eigenvalue weighted by Crippen LogP contribution is -2.24. The molecule has 0 saturated heterocycles. The van der Waals surface area contributed by atoms with Crippen LogP contribution in [0.4, 0.5) is 4.39 Å². The number of hydrogen-bond acceptors (Lipinski definition) is 2. The van der Waals surface area contributed by atoms with Crippen molar-refractivity contribution in [3.05, 3.63) is 35.8 Å². The number of aliphatic hydroxyl groups is 1. The minimum absolute atomic E-state index is 0.271. The summed E-state index contributed by atoms with van der Waals surface area (Å²) in [5.41, 5.74) is -0.154. The molecular formula is C14H13FO2. The zero-order valence-corrected chi connectivity index (χ0v) is 9.32. The van der Waals surface area contributed by atoms with Crippen molar-refractivity contribution in [2.75, 3.05) is 0 Å². The van der Waals surface area contributed by atoms with Gasteiger partial charge in [-0.1, -0.05) is 0 Å². The van der Waals surface area contributed by atoms with Crippen molar-refractivity contribution < 1.29 is 13.9 Å². The Hall–Kier alpha value is -1.35. The van der Waals surface area contributed by atoms with E-state index in [4.69, 9.17) is 4.42 Å². The molecule has 1 aromatic carbocycles. The molecule has 2 nitrogen and oxygen atoms in total. The molecule has 2 fully saturated rings. The predicted octanol–water partition coefficient (Wildman–Crippen LogP) is 3.19. The van der Waals surface area contributed by atoms with Crippen LogP contribution >= 0.6 is 0 Å². The van der Waals surface area contributed by atoms with Crippen molar-refractivity contribution in [1.29, 1.82) is 0 Å². The molecule has 2 aromatic rings. The fourth-order valence-corrected chi connectivity index (χ4v) is 3.28. The third-order valence-corrected chi connectivity index (χ3v) is 4.34. The van der Waals surface area contributed by atoms with Gasteiger partial charge in [-0.25, -0.2) is 4.39 Å². The van der Waals surface area contributed by atoms with Crippen molar-refractivity contribution in [3.63, 3.8) is 0 Å². The first-order chi connectivity index (χ1) is 8.17. The molecule has 88 valence electrons. The molecule has 0 aliphatic heterocycles. The molecule has 0 bridgehead atoms. The van der Waals surface area contributed by atoms with E-state index in [-0.39, 0.29) is 5.82 Å². The fraction of sp³-hybridized carbons (Fsp3) is 0.429. The molecule has 1 aromatic heterocycles. The molecule has 17 heavy (non-hydrogen) atoms. The Morgan fingerprint density at radius 1 is 1.35 bits per heavy atom. The largest absolute Gasteiger partial charge is 0.458 e. The molecule has 0 radical (unpaired) electrons. The van der Waals surface area contributed by atoms with Crippen molar-refractivity contribution in [2.45, 2.75) is 24.9 Å². The first kappa shape index (κ1) is 9.66. The van der Waals surface area contributed by atoms with E-state index in [1.54, 1.807) is 12.1 Å². The summed E-state index contributed by atoms with van der Waals surface area (Å²) >= 11 is 0. The highest BCUT2D eigenvalue weighted by molar-refractivity contribution is 5.78. The van der Waals surface area contributed by atoms with E-state index in [1.807, 2.05) is 0 Å². The highest BCUT2D eigenvalue weighted by Gasteiger charge is 2.59. The van der Waals surface area contributed by atoms with Crippen LogP contribution in [-0.4, -0.2) is 5.11 Å². The van der Waals surface area contributed by atoms with Gasteiger partial charge in [0.2, 0.25) is 0 Å². The maximum absolute atomic E-state index is 13.1. The second-order valence-electron chi connectivity index (χ2n) is 5.36. The zero-order chi connectivity index (χ0) is 11.6. The summed E-state index contributed by atoms with van der Waals surface area (Å²) in [6.45, 7) is 0. The molecule has 2 aliphatic rings. The average molecular weight is 232 g/mol. The van der Waals surface area contributed by atoms with Crippen LogP contribution < -0.4 is 0 Å². The number of hydrogen-bond donors (Lipinski definition) is 1. The molecule has 1 heterocycles. The van der Waals surface area contributed by atoms with Crippen molar-refractivity contribution in [1.82, 2.24) is 0 Å². The highest BCUT2D eigenvalue weighted by atomic mass is 19.1. The van der Waals surface area contributed by atoms with Crippen molar-refractivity contribution in [2.24, 2.45) is 11.8 Å². The fourth-order valence-electron chi connectivity index (χ4n) is 3.28. The normalized spacial score (nSPS) is 35.2. The summed E-state index contributed by atoms with van der Waals surface area (Å²) in [6, 6.07) is 6.25. The lowest BCUT2D eigenvalue weighted by Gasteiger charge is -2.21. The number of benzene rings is 1. The third kappa shape index (κ3) is 1.23. The number of furan rings is 1. The number of halogens is 1. The van der Waals surface area contributed by atoms with Gasteiger partial charge in [-0.3, -0.25) is 0 Å². The van der Waals surface area contributed by atoms with Crippen LogP contribution in [0.3, 0.4) is 0 Å². The van der Waals surface area contributed by atoms with Gasteiger partial charge >= 0.3 is 0 Å². The summed E-state index contributed by atoms with van der Waals surface area (Å²) in [4.78, 5) is 0. The number of rotatable bonds is 1. The Bertz CT molecular complexity index is 603. The van der Waals surface area contributed by atoms with Gasteiger partial charge in [-0.2, -0.15) is 0 Å². The molecule has 3 heteroatoms. The van der Waals surface area contributed by atoms with Crippen LogP contribution in [0.15, 0.2) is 28.7 Å². The van der Waals surface area contributed by atoms with Gasteiger partial charge in [0.25, 0.3) is 0 Å². The van der Waals surface area contributed by atoms with Gasteiger partial charge in [0.1, 0.15) is 22.8 Å². The van der Waals surface area contributed by atoms with Gasteiger partial charge in [0.15, 0.2) is 0 Å². The molecule has 1 N–H and O–H groups in total. The minimum Gasteiger partial charge on any atom is -0.458 e. The van der Waals surface area contributed by atoms with E-state index in [2.05, 4.69) is 0 Å². The molecule has 2 aliphatic carbocycles. The second-order valence-corrected chi connectivity index (χ2v) is 5.36. The zero-order valence-electron chi connectivity index (χ0n) is 9.32. The molecule has 3 atom stereocenters. The Labute approximate surface area is 98.0 Å². The predicted molar refractivity (Wildman–Crippen MR) is 60.9 cm³/mol. The maximum Gasteiger partial charge on any atom is 0.137 e. The first-order valence-corrected chi connectivity index (χ1v) is 6.09. The lowest BCUT2D eigenvalue weighted by atomic mass is 9.94. The summed E-state index contributed by atoms with van der Waals surface area (Å²) in [5.74, 6) is 1.37. The van der Waals surface area contributed by atoms with Gasteiger partial charge in [-0.15, -0.1) is 0 Å². The van der Waals surface area contributed by atoms with Crippen LogP contribution in [0.1, 0.15) is 25.0 Å². The van der Waals surface area contributed by atoms with Gasteiger partial charge in [0.05, 0.1) is 0 Å². The number of fused-ring (bicyclic) bond motifs is 2. The van der Waals surface area contributed by atoms with E-state index in [0.29, 0.717) is 23.2 Å². The van der Waals surface area contributed by atoms with Crippen LogP contribution in [0, 0.1) is 17.7 Å². The van der Waals surface area contributed by atoms with Crippen LogP contribution in [0.2, 0.25) is 0 Å². The Kier molecular flexibility index (Phi) is 1.65. The standard InChI is InChI=1S/C14H13FO2/c15-10-1-2-12-9(5-10)7-13(17-12)14(16)4-3-8-6-11(8)14/h1-2,5,7-8,11,16H,3-4,6H2. The van der Waals surface area contributed by atoms with Crippen LogP contribution in [0.5, 0.6) is 0 Å². The van der Waals surface area contributed by atoms with E-state index in [9.17, 15) is 9.50 Å². The average Bonchev–Trinajstić information content (AvgIpc) is 2.86. The second kappa shape index (κ2) is 2.91. The Morgan fingerprint density at radius 3 is 2.94 bits per heavy atom. The van der Waals surface area contributed by atoms with Crippen molar-refractivity contribution in [3.8, 4) is 0 Å². The topological polar surface area (TPSA) is 33.4 Å². The van der Waals surface area contributed by atoms with Gasteiger partial charge in [0, 0.05) is 5.39 Å². The summed E-state index contributed by atoms with van der Waals surface area (Å²) in [5, 5.41) is 11.4. The maximum atomic E-state index is 13.1. The highest BCUT2D eigenvalue weighted by Crippen LogP contribution is 2.61. The Morgan fingerprint density at radius 2 is 2.24 bits per heavy atom. The minimum atomic E-state index is -0.805. The van der Waals surface area contributed by atoms with E-state index in [1.165, 1.54) is 12.1 Å². The van der Waals surface area contributed by atoms with E-state index in [0.717, 1.165) is 24.6 Å². The molecular weight excluding hydrogens is 219 g/mol. The van der Waals surface area contributed by atoms with Gasteiger partial charge in [-0.05, 0) is 55.4 Å². The van der Waals surface area contributed by atoms with Crippen LogP contribution in [-0.2, 0) is 5.60 Å². The molecule has 2 saturated carbocycles. The summed E-state index contributed by atoms with van der Waals surface area (Å²) in [6.07, 6.45) is 2.94. The first-order valence-electron chi connectivity index (χ1n) is 6.09. The monoisotopic (exact) mass is 232 g/mol. The smallest absolute Gasteiger partial charge is 0.137 e. The van der Waals surface area contributed by atoms with E-state index >= 15 is 0 Å². The Balaban J connectivity index is 1.86. The van der Waals surface area contributed by atoms with Crippen LogP contribution in [0.25, 0.3) is 11.0 Å². The quantitative estimate of drug-likeness (QED) is 0.819. The summed E-state index contributed by atoms with van der Waals surface area (Å²) in [7, 11) is 0. The molecule has 3 unspecified atom stereocenters. The SMILES string of the molecule is OC1(c2cc3cc(F)ccc3o2)CCC2CC21. The van der Waals surface area contributed by atoms with Crippen molar-refractivity contribution >= 4 is 11.0 Å². The van der Waals surface area contributed by atoms with Gasteiger partial charge < -0.3 is 9.52 Å². The third-order valence-electron chi connectivity index (χ3n) is 4.34. The molecule has 0 amide bonds. The summed E-state index contributed by atoms with van der Waals surface area (Å²) < 4.78 is 18.8. The molecule has 4 rings (SSSR count). The molecule has 0 spiro atoms. The van der Waals surface area contributed by atoms with E-state index < -0.39 is 5.60 Å².